The minimum atomic E-state index is -0.570. The van der Waals surface area contributed by atoms with Crippen molar-refractivity contribution in [1.82, 2.24) is 24.8 Å². The summed E-state index contributed by atoms with van der Waals surface area (Å²) in [5.74, 6) is 0.471. The molecule has 1 amide bonds. The Balaban J connectivity index is 1.48. The highest BCUT2D eigenvalue weighted by molar-refractivity contribution is 6.05. The minimum Gasteiger partial charge on any atom is -0.381 e. The molecule has 2 atom stereocenters. The van der Waals surface area contributed by atoms with Crippen molar-refractivity contribution in [3.8, 4) is 0 Å². The molecule has 0 radical (unpaired) electrons. The molecule has 2 aromatic heterocycles. The Morgan fingerprint density at radius 3 is 2.60 bits per heavy atom. The summed E-state index contributed by atoms with van der Waals surface area (Å²) in [6.07, 6.45) is 2.96. The summed E-state index contributed by atoms with van der Waals surface area (Å²) in [7, 11) is 0. The number of morpholine rings is 1. The Labute approximate surface area is 204 Å². The number of hydrogen-bond acceptors (Lipinski definition) is 7. The van der Waals surface area contributed by atoms with E-state index in [1.807, 2.05) is 13.8 Å². The van der Waals surface area contributed by atoms with Gasteiger partial charge in [0.1, 0.15) is 0 Å². The first-order chi connectivity index (χ1) is 16.9. The van der Waals surface area contributed by atoms with Crippen LogP contribution in [0.25, 0.3) is 11.0 Å². The number of aromatic amines is 1. The molecule has 0 aromatic carbocycles. The summed E-state index contributed by atoms with van der Waals surface area (Å²) >= 11 is 0. The lowest BCUT2D eigenvalue weighted by Gasteiger charge is -2.37. The highest BCUT2D eigenvalue weighted by Crippen LogP contribution is 2.40. The fraction of sp³-hybridized carbons (Fsp3) is 0.680. The van der Waals surface area contributed by atoms with Gasteiger partial charge in [-0.2, -0.15) is 0 Å². The normalized spacial score (nSPS) is 22.1. The number of amides is 1. The Hall–Kier alpha value is -2.56. The number of ether oxygens (including phenoxy) is 2. The van der Waals surface area contributed by atoms with Gasteiger partial charge in [0, 0.05) is 56.4 Å². The van der Waals surface area contributed by atoms with Gasteiger partial charge in [0.15, 0.2) is 5.65 Å². The topological polar surface area (TPSA) is 119 Å². The van der Waals surface area contributed by atoms with Gasteiger partial charge in [0.05, 0.1) is 30.8 Å². The summed E-state index contributed by atoms with van der Waals surface area (Å²) in [4.78, 5) is 48.6. The third-order valence-corrected chi connectivity index (χ3v) is 7.25. The van der Waals surface area contributed by atoms with Crippen LogP contribution >= 0.6 is 0 Å². The summed E-state index contributed by atoms with van der Waals surface area (Å²) in [5.41, 5.74) is 0.310. The summed E-state index contributed by atoms with van der Waals surface area (Å²) in [5, 5.41) is 3.29. The first-order valence-corrected chi connectivity index (χ1v) is 12.8. The van der Waals surface area contributed by atoms with Crippen LogP contribution in [0.4, 0.5) is 0 Å². The number of hydrogen-bond donors (Lipinski definition) is 2. The van der Waals surface area contributed by atoms with Crippen molar-refractivity contribution in [2.24, 2.45) is 11.8 Å². The van der Waals surface area contributed by atoms with E-state index in [1.165, 1.54) is 4.57 Å². The van der Waals surface area contributed by atoms with E-state index < -0.39 is 11.2 Å². The molecule has 2 saturated heterocycles. The average molecular weight is 486 g/mol. The third-order valence-electron chi connectivity index (χ3n) is 7.25. The van der Waals surface area contributed by atoms with Crippen LogP contribution in [0.1, 0.15) is 55.1 Å². The molecule has 5 rings (SSSR count). The lowest BCUT2D eigenvalue weighted by molar-refractivity contribution is 0.00167. The Morgan fingerprint density at radius 2 is 1.94 bits per heavy atom. The van der Waals surface area contributed by atoms with E-state index in [2.05, 4.69) is 15.2 Å². The summed E-state index contributed by atoms with van der Waals surface area (Å²) in [6, 6.07) is 1.88. The Bertz CT molecular complexity index is 1190. The summed E-state index contributed by atoms with van der Waals surface area (Å²) < 4.78 is 12.7. The molecule has 190 valence electrons. The molecule has 4 heterocycles. The second-order valence-electron chi connectivity index (χ2n) is 10.4. The number of fused-ring (bicyclic) bond motifs is 1. The van der Waals surface area contributed by atoms with E-state index in [-0.39, 0.29) is 29.2 Å². The zero-order chi connectivity index (χ0) is 24.5. The third kappa shape index (κ3) is 5.19. The van der Waals surface area contributed by atoms with Crippen molar-refractivity contribution in [2.75, 3.05) is 46.1 Å². The molecule has 2 N–H and O–H groups in total. The van der Waals surface area contributed by atoms with Crippen LogP contribution in [0.2, 0.25) is 0 Å². The van der Waals surface area contributed by atoms with Gasteiger partial charge < -0.3 is 14.8 Å². The van der Waals surface area contributed by atoms with Gasteiger partial charge >= 0.3 is 5.69 Å². The Morgan fingerprint density at radius 1 is 1.17 bits per heavy atom. The van der Waals surface area contributed by atoms with Gasteiger partial charge in [-0.05, 0) is 31.2 Å². The number of rotatable bonds is 8. The van der Waals surface area contributed by atoms with Crippen LogP contribution in [-0.4, -0.2) is 77.4 Å². The number of nitrogens with one attached hydrogen (secondary N) is 2. The van der Waals surface area contributed by atoms with Crippen molar-refractivity contribution >= 4 is 16.9 Å². The molecule has 2 aliphatic heterocycles. The first kappa shape index (κ1) is 24.1. The highest BCUT2D eigenvalue weighted by Gasteiger charge is 2.33. The van der Waals surface area contributed by atoms with Crippen LogP contribution < -0.4 is 16.6 Å². The van der Waals surface area contributed by atoms with Gasteiger partial charge in [-0.25, -0.2) is 9.78 Å². The fourth-order valence-electron chi connectivity index (χ4n) is 5.25. The predicted molar refractivity (Wildman–Crippen MR) is 131 cm³/mol. The molecular formula is C25H35N5O5. The molecule has 3 aliphatic rings. The molecule has 0 spiro atoms. The smallest absolute Gasteiger partial charge is 0.330 e. The van der Waals surface area contributed by atoms with Gasteiger partial charge in [-0.1, -0.05) is 13.8 Å². The number of H-pyrrole nitrogens is 1. The second-order valence-corrected chi connectivity index (χ2v) is 10.4. The lowest BCUT2D eigenvalue weighted by Crippen LogP contribution is -2.52. The maximum Gasteiger partial charge on any atom is 0.330 e. The highest BCUT2D eigenvalue weighted by atomic mass is 16.5. The first-order valence-electron chi connectivity index (χ1n) is 12.8. The van der Waals surface area contributed by atoms with E-state index >= 15 is 0 Å². The fourth-order valence-corrected chi connectivity index (χ4v) is 5.25. The molecular weight excluding hydrogens is 450 g/mol. The van der Waals surface area contributed by atoms with Crippen molar-refractivity contribution < 1.29 is 14.3 Å². The average Bonchev–Trinajstić information content (AvgIpc) is 3.56. The van der Waals surface area contributed by atoms with E-state index in [0.29, 0.717) is 50.0 Å². The van der Waals surface area contributed by atoms with Crippen molar-refractivity contribution in [3.05, 3.63) is 38.2 Å². The molecule has 2 unspecified atom stereocenters. The zero-order valence-corrected chi connectivity index (χ0v) is 20.5. The van der Waals surface area contributed by atoms with E-state index in [9.17, 15) is 14.4 Å². The molecule has 2 aromatic rings. The monoisotopic (exact) mass is 485 g/mol. The van der Waals surface area contributed by atoms with Gasteiger partial charge in [0.25, 0.3) is 11.5 Å². The van der Waals surface area contributed by atoms with Gasteiger partial charge in [-0.15, -0.1) is 0 Å². The van der Waals surface area contributed by atoms with Crippen LogP contribution in [-0.2, 0) is 16.0 Å². The molecule has 3 fully saturated rings. The van der Waals surface area contributed by atoms with Gasteiger partial charge in [0.2, 0.25) is 0 Å². The van der Waals surface area contributed by atoms with Crippen molar-refractivity contribution in [1.29, 1.82) is 0 Å². The molecule has 1 saturated carbocycles. The number of pyridine rings is 1. The van der Waals surface area contributed by atoms with Crippen molar-refractivity contribution in [2.45, 2.75) is 51.6 Å². The number of aromatic nitrogens is 3. The lowest BCUT2D eigenvalue weighted by atomic mass is 9.96. The SMILES string of the molecule is CC(C)Cn1c(=O)[nH]c(=O)c2c(C(=O)NCC(C3CCOC3)N3CCOCC3)cc(C3CC3)nc21. The number of carbonyl (C=O) groups excluding carboxylic acids is 1. The number of carbonyl (C=O) groups is 1. The number of nitrogens with zero attached hydrogens (tertiary/aromatic N) is 3. The molecule has 35 heavy (non-hydrogen) atoms. The molecule has 10 nitrogen and oxygen atoms in total. The van der Waals surface area contributed by atoms with E-state index in [0.717, 1.165) is 44.7 Å². The quantitative estimate of drug-likeness (QED) is 0.574. The van der Waals surface area contributed by atoms with Gasteiger partial charge in [-0.3, -0.25) is 24.0 Å². The molecule has 10 heteroatoms. The standard InChI is InChI=1S/C25H35N5O5/c1-15(2)13-30-22-21(24(32)28-25(30)33)18(11-19(27-22)16-3-4-16)23(31)26-12-20(17-5-8-35-14-17)29-6-9-34-10-7-29/h11,15-17,20H,3-10,12-14H2,1-2H3,(H,26,31)(H,28,32,33). The van der Waals surface area contributed by atoms with Crippen LogP contribution in [0.3, 0.4) is 0 Å². The van der Waals surface area contributed by atoms with E-state index in [4.69, 9.17) is 14.5 Å². The zero-order valence-electron chi connectivity index (χ0n) is 20.5. The molecule has 1 aliphatic carbocycles. The molecule has 0 bridgehead atoms. The minimum absolute atomic E-state index is 0.138. The van der Waals surface area contributed by atoms with E-state index in [1.54, 1.807) is 6.07 Å². The second kappa shape index (κ2) is 10.2. The Kier molecular flexibility index (Phi) is 7.04. The van der Waals surface area contributed by atoms with Crippen LogP contribution in [0, 0.1) is 11.8 Å². The predicted octanol–water partition coefficient (Wildman–Crippen LogP) is 1.09. The largest absolute Gasteiger partial charge is 0.381 e. The van der Waals surface area contributed by atoms with Crippen molar-refractivity contribution in [3.63, 3.8) is 0 Å². The maximum absolute atomic E-state index is 13.6. The summed E-state index contributed by atoms with van der Waals surface area (Å²) in [6.45, 7) is 9.30. The maximum atomic E-state index is 13.6. The van der Waals surface area contributed by atoms with Crippen LogP contribution in [0.5, 0.6) is 0 Å². The van der Waals surface area contributed by atoms with Crippen LogP contribution in [0.15, 0.2) is 15.7 Å².